The standard InChI is InChI=1S/C22H23N7O7S3/c1-10-4-5-14(27-29(10)36)38-8-11-9-39-20-16(19(32)28(20)17(11)21(33)34)25-18(31)15(12-3-2-6-37-12)26-22(35)24-7-13(23)30/h2-6,15-16,20H,7-9H2,1H3,(H2,23,30)(H,25,31)(H,33,34)(H2,24,26,35)/t15?,16-,20?/m0/s1. The number of fused-ring (bicyclic) bond motifs is 1. The van der Waals surface area contributed by atoms with Crippen LogP contribution in [0.3, 0.4) is 0 Å². The molecule has 5 amide bonds. The van der Waals surface area contributed by atoms with Crippen molar-refractivity contribution >= 4 is 64.6 Å². The van der Waals surface area contributed by atoms with Gasteiger partial charge in [-0.3, -0.25) is 19.3 Å². The molecule has 1 fully saturated rings. The first-order valence-electron chi connectivity index (χ1n) is 11.3. The summed E-state index contributed by atoms with van der Waals surface area (Å²) in [6.07, 6.45) is 0. The topological polar surface area (TPSA) is 211 Å². The number of amides is 5. The summed E-state index contributed by atoms with van der Waals surface area (Å²) in [5, 5.41) is 34.3. The summed E-state index contributed by atoms with van der Waals surface area (Å²) in [7, 11) is 0. The van der Waals surface area contributed by atoms with E-state index in [4.69, 9.17) is 5.73 Å². The van der Waals surface area contributed by atoms with Crippen molar-refractivity contribution in [2.24, 2.45) is 5.73 Å². The Morgan fingerprint density at radius 1 is 1.33 bits per heavy atom. The highest BCUT2D eigenvalue weighted by molar-refractivity contribution is 8.01. The minimum atomic E-state index is -1.28. The van der Waals surface area contributed by atoms with Gasteiger partial charge in [-0.1, -0.05) is 22.7 Å². The number of rotatable bonds is 10. The zero-order valence-corrected chi connectivity index (χ0v) is 22.7. The fourth-order valence-electron chi connectivity index (χ4n) is 3.80. The Morgan fingerprint density at radius 2 is 2.10 bits per heavy atom. The number of nitrogens with one attached hydrogen (secondary N) is 3. The molecule has 4 heterocycles. The number of carbonyl (C=O) groups is 5. The molecule has 4 rings (SSSR count). The molecular weight excluding hydrogens is 570 g/mol. The van der Waals surface area contributed by atoms with Crippen LogP contribution in [0.25, 0.3) is 0 Å². The van der Waals surface area contributed by atoms with Gasteiger partial charge in [0.25, 0.3) is 5.91 Å². The zero-order valence-electron chi connectivity index (χ0n) is 20.3. The number of aryl methyl sites for hydroxylation is 1. The van der Waals surface area contributed by atoms with Gasteiger partial charge in [-0.15, -0.1) is 23.1 Å². The highest BCUT2D eigenvalue weighted by Gasteiger charge is 2.54. The molecule has 14 nitrogen and oxygen atoms in total. The molecule has 0 aromatic carbocycles. The summed E-state index contributed by atoms with van der Waals surface area (Å²) in [6, 6.07) is 3.58. The van der Waals surface area contributed by atoms with Gasteiger partial charge >= 0.3 is 12.0 Å². The van der Waals surface area contributed by atoms with Crippen LogP contribution in [0, 0.1) is 12.1 Å². The lowest BCUT2D eigenvalue weighted by Gasteiger charge is -2.49. The van der Waals surface area contributed by atoms with E-state index >= 15 is 0 Å². The van der Waals surface area contributed by atoms with E-state index in [2.05, 4.69) is 21.0 Å². The number of carbonyl (C=O) groups excluding carboxylic acids is 4. The summed E-state index contributed by atoms with van der Waals surface area (Å²) in [4.78, 5) is 63.5. The van der Waals surface area contributed by atoms with Gasteiger partial charge in [0, 0.05) is 34.5 Å². The summed E-state index contributed by atoms with van der Waals surface area (Å²) in [6.45, 7) is 1.18. The number of urea groups is 1. The van der Waals surface area contributed by atoms with Crippen LogP contribution in [0.15, 0.2) is 45.9 Å². The smallest absolute Gasteiger partial charge is 0.352 e. The molecule has 17 heteroatoms. The van der Waals surface area contributed by atoms with Gasteiger partial charge < -0.3 is 32.0 Å². The highest BCUT2D eigenvalue weighted by atomic mass is 32.2. The number of primary amides is 1. The number of thiophene rings is 1. The van der Waals surface area contributed by atoms with Gasteiger partial charge in [0.15, 0.2) is 5.03 Å². The van der Waals surface area contributed by atoms with Crippen molar-refractivity contribution < 1.29 is 33.9 Å². The highest BCUT2D eigenvalue weighted by Crippen LogP contribution is 2.41. The maximum absolute atomic E-state index is 13.1. The van der Waals surface area contributed by atoms with Crippen LogP contribution in [0.5, 0.6) is 0 Å². The largest absolute Gasteiger partial charge is 0.594 e. The predicted octanol–water partition coefficient (Wildman–Crippen LogP) is -0.559. The van der Waals surface area contributed by atoms with Crippen molar-refractivity contribution in [3.05, 3.63) is 56.7 Å². The van der Waals surface area contributed by atoms with Crippen LogP contribution in [0.1, 0.15) is 16.6 Å². The fourth-order valence-corrected chi connectivity index (χ4v) is 6.90. The van der Waals surface area contributed by atoms with Crippen LogP contribution in [-0.4, -0.2) is 74.3 Å². The predicted molar refractivity (Wildman–Crippen MR) is 141 cm³/mol. The molecule has 2 unspecified atom stereocenters. The van der Waals surface area contributed by atoms with Crippen LogP contribution >= 0.6 is 34.9 Å². The van der Waals surface area contributed by atoms with Gasteiger partial charge in [0.2, 0.25) is 17.5 Å². The number of carboxylic acids is 1. The maximum Gasteiger partial charge on any atom is 0.352 e. The summed E-state index contributed by atoms with van der Waals surface area (Å²) in [5.41, 5.74) is 5.77. The molecule has 39 heavy (non-hydrogen) atoms. The second kappa shape index (κ2) is 11.9. The SMILES string of the molecule is Cc1ccc(SCC2=C(C(=O)O)N3C(=O)[C@H](NC(=O)C(NC(=O)NCC(N)=O)c4cccs4)C3SC2)n[n+]1[O-]. The summed E-state index contributed by atoms with van der Waals surface area (Å²) in [5.74, 6) is -2.85. The van der Waals surface area contributed by atoms with E-state index in [1.807, 2.05) is 0 Å². The van der Waals surface area contributed by atoms with Crippen LogP contribution in [-0.2, 0) is 19.2 Å². The lowest BCUT2D eigenvalue weighted by molar-refractivity contribution is -0.679. The van der Waals surface area contributed by atoms with E-state index in [9.17, 15) is 34.3 Å². The Balaban J connectivity index is 1.45. The molecule has 2 aliphatic rings. The Hall–Kier alpha value is -3.83. The lowest BCUT2D eigenvalue weighted by atomic mass is 10.0. The van der Waals surface area contributed by atoms with E-state index in [0.717, 1.165) is 4.90 Å². The van der Waals surface area contributed by atoms with Crippen molar-refractivity contribution in [2.75, 3.05) is 18.1 Å². The van der Waals surface area contributed by atoms with Gasteiger partial charge in [-0.05, 0) is 23.1 Å². The number of hydrogen-bond donors (Lipinski definition) is 5. The molecule has 0 saturated carbocycles. The lowest BCUT2D eigenvalue weighted by Crippen LogP contribution is -2.71. The Labute approximate surface area is 234 Å². The molecule has 1 saturated heterocycles. The quantitative estimate of drug-likeness (QED) is 0.103. The van der Waals surface area contributed by atoms with Crippen molar-refractivity contribution in [1.29, 1.82) is 0 Å². The van der Waals surface area contributed by atoms with Crippen molar-refractivity contribution in [3.8, 4) is 0 Å². The second-order valence-electron chi connectivity index (χ2n) is 8.37. The van der Waals surface area contributed by atoms with E-state index in [1.165, 1.54) is 34.9 Å². The first-order chi connectivity index (χ1) is 18.6. The first-order valence-corrected chi connectivity index (χ1v) is 14.2. The van der Waals surface area contributed by atoms with Crippen molar-refractivity contribution in [3.63, 3.8) is 0 Å². The molecule has 0 spiro atoms. The summed E-state index contributed by atoms with van der Waals surface area (Å²) >= 11 is 3.67. The van der Waals surface area contributed by atoms with Crippen LogP contribution in [0.2, 0.25) is 0 Å². The van der Waals surface area contributed by atoms with Crippen molar-refractivity contribution in [1.82, 2.24) is 25.9 Å². The molecule has 0 aliphatic carbocycles. The number of aliphatic carboxylic acids is 1. The molecule has 0 radical (unpaired) electrons. The average Bonchev–Trinajstić information content (AvgIpc) is 3.43. The Bertz CT molecular complexity index is 1350. The average molecular weight is 594 g/mol. The third-order valence-corrected chi connectivity index (χ3v) is 8.97. The van der Waals surface area contributed by atoms with E-state index in [-0.39, 0.29) is 17.2 Å². The minimum absolute atomic E-state index is 0.164. The number of aromatic nitrogens is 2. The number of hydrogen-bond acceptors (Lipinski definition) is 10. The number of carboxylic acid groups (broad SMARTS) is 1. The van der Waals surface area contributed by atoms with E-state index in [0.29, 0.717) is 26.0 Å². The number of β-lactam (4-membered cyclic amide) rings is 1. The third kappa shape index (κ3) is 6.26. The second-order valence-corrected chi connectivity index (χ2v) is 11.4. The van der Waals surface area contributed by atoms with Crippen LogP contribution < -0.4 is 26.5 Å². The molecule has 2 aromatic heterocycles. The first kappa shape index (κ1) is 28.2. The van der Waals surface area contributed by atoms with Gasteiger partial charge in [-0.25, -0.2) is 9.59 Å². The molecule has 2 aromatic rings. The van der Waals surface area contributed by atoms with Gasteiger partial charge in [0.05, 0.1) is 6.54 Å². The fraction of sp³-hybridized carbons (Fsp3) is 0.318. The van der Waals surface area contributed by atoms with Crippen LogP contribution in [0.4, 0.5) is 4.79 Å². The normalized spacial score (nSPS) is 19.0. The number of nitrogens with zero attached hydrogens (tertiary/aromatic N) is 3. The minimum Gasteiger partial charge on any atom is -0.594 e. The Morgan fingerprint density at radius 3 is 2.74 bits per heavy atom. The Kier molecular flexibility index (Phi) is 8.61. The monoisotopic (exact) mass is 593 g/mol. The molecule has 6 N–H and O–H groups in total. The number of nitrogens with two attached hydrogens (primary N) is 1. The zero-order chi connectivity index (χ0) is 28.3. The molecule has 3 atom stereocenters. The molecule has 2 aliphatic heterocycles. The van der Waals surface area contributed by atoms with Gasteiger partial charge in [-0.2, -0.15) is 0 Å². The molecule has 206 valence electrons. The maximum atomic E-state index is 13.1. The van der Waals surface area contributed by atoms with Crippen molar-refractivity contribution in [2.45, 2.75) is 29.4 Å². The summed E-state index contributed by atoms with van der Waals surface area (Å²) < 4.78 is 0. The molecule has 0 bridgehead atoms. The van der Waals surface area contributed by atoms with E-state index < -0.39 is 53.7 Å². The molecular formula is C22H23N7O7S3. The number of thioether (sulfide) groups is 2. The van der Waals surface area contributed by atoms with E-state index in [1.54, 1.807) is 36.6 Å². The van der Waals surface area contributed by atoms with Gasteiger partial charge in [0.1, 0.15) is 23.2 Å². The third-order valence-electron chi connectivity index (χ3n) is 5.69.